The van der Waals surface area contributed by atoms with Crippen LogP contribution in [0.5, 0.6) is 5.88 Å². The Balaban J connectivity index is 2.00. The lowest BCUT2D eigenvalue weighted by Crippen LogP contribution is -2.39. The van der Waals surface area contributed by atoms with Gasteiger partial charge in [-0.15, -0.1) is 0 Å². The van der Waals surface area contributed by atoms with Crippen LogP contribution in [0.1, 0.15) is 31.2 Å². The number of anilines is 1. The molecule has 2 rings (SSSR count). The van der Waals surface area contributed by atoms with Crippen molar-refractivity contribution in [1.29, 1.82) is 5.26 Å². The van der Waals surface area contributed by atoms with Gasteiger partial charge in [0.05, 0.1) is 10.7 Å². The number of nitriles is 1. The van der Waals surface area contributed by atoms with Crippen LogP contribution >= 0.6 is 22.6 Å². The second kappa shape index (κ2) is 7.49. The molecule has 0 aromatic carbocycles. The van der Waals surface area contributed by atoms with Gasteiger partial charge in [0.15, 0.2) is 0 Å². The van der Waals surface area contributed by atoms with Gasteiger partial charge in [-0.25, -0.2) is 4.79 Å². The zero-order valence-corrected chi connectivity index (χ0v) is 14.3. The van der Waals surface area contributed by atoms with Gasteiger partial charge in [0.2, 0.25) is 5.88 Å². The summed E-state index contributed by atoms with van der Waals surface area (Å²) in [6, 6.07) is 4.07. The molecular weight excluding hydrogens is 399 g/mol. The Bertz CT molecular complexity index is 594. The predicted octanol–water partition coefficient (Wildman–Crippen LogP) is 2.56. The summed E-state index contributed by atoms with van der Waals surface area (Å²) >= 11 is 2.14. The number of halogens is 1. The number of hydrogen-bond acceptors (Lipinski definition) is 5. The molecule has 0 unspecified atom stereocenters. The van der Waals surface area contributed by atoms with Gasteiger partial charge in [-0.1, -0.05) is 0 Å². The van der Waals surface area contributed by atoms with E-state index in [1.165, 1.54) is 7.11 Å². The molecule has 1 aromatic heterocycles. The molecule has 3 N–H and O–H groups in total. The molecule has 0 aliphatic heterocycles. The molecule has 1 aliphatic rings. The lowest BCUT2D eigenvalue weighted by atomic mass is 9.91. The number of nitrogens with one attached hydrogen (secondary N) is 2. The summed E-state index contributed by atoms with van der Waals surface area (Å²) in [4.78, 5) is 15.0. The maximum atomic E-state index is 10.6. The largest absolute Gasteiger partial charge is 0.480 e. The number of carbonyl (C=O) groups is 1. The van der Waals surface area contributed by atoms with Gasteiger partial charge in [-0.2, -0.15) is 10.2 Å². The summed E-state index contributed by atoms with van der Waals surface area (Å²) in [6.07, 6.45) is 2.36. The zero-order chi connectivity index (χ0) is 16.1. The van der Waals surface area contributed by atoms with Crippen molar-refractivity contribution in [3.05, 3.63) is 15.2 Å². The van der Waals surface area contributed by atoms with Crippen LogP contribution in [0, 0.1) is 14.9 Å². The fraction of sp³-hybridized carbons (Fsp3) is 0.500. The van der Waals surface area contributed by atoms with Crippen molar-refractivity contribution in [3.63, 3.8) is 0 Å². The Morgan fingerprint density at radius 2 is 2.09 bits per heavy atom. The summed E-state index contributed by atoms with van der Waals surface area (Å²) in [6.45, 7) is 0. The highest BCUT2D eigenvalue weighted by Crippen LogP contribution is 2.27. The predicted molar refractivity (Wildman–Crippen MR) is 89.0 cm³/mol. The number of rotatable bonds is 4. The summed E-state index contributed by atoms with van der Waals surface area (Å²) in [5.41, 5.74) is 0.409. The number of pyridine rings is 1. The number of amides is 1. The molecule has 1 saturated carbocycles. The highest BCUT2D eigenvalue weighted by molar-refractivity contribution is 14.1. The van der Waals surface area contributed by atoms with Gasteiger partial charge in [-0.3, -0.25) is 0 Å². The van der Waals surface area contributed by atoms with Gasteiger partial charge < -0.3 is 20.5 Å². The highest BCUT2D eigenvalue weighted by Gasteiger charge is 2.23. The summed E-state index contributed by atoms with van der Waals surface area (Å²) < 4.78 is 5.99. The molecule has 0 saturated heterocycles. The molecule has 1 fully saturated rings. The van der Waals surface area contributed by atoms with Crippen LogP contribution in [0.15, 0.2) is 6.07 Å². The molecular formula is C14H17IN4O3. The van der Waals surface area contributed by atoms with E-state index >= 15 is 0 Å². The monoisotopic (exact) mass is 416 g/mol. The molecule has 0 radical (unpaired) electrons. The molecule has 1 heterocycles. The Labute approximate surface area is 142 Å². The van der Waals surface area contributed by atoms with Crippen molar-refractivity contribution in [3.8, 4) is 11.9 Å². The van der Waals surface area contributed by atoms with Crippen LogP contribution in [-0.2, 0) is 0 Å². The lowest BCUT2D eigenvalue weighted by molar-refractivity contribution is 0.185. The third-order valence-electron chi connectivity index (χ3n) is 3.65. The second-order valence-corrected chi connectivity index (χ2v) is 6.29. The summed E-state index contributed by atoms with van der Waals surface area (Å²) in [5.74, 6) is 1.01. The van der Waals surface area contributed by atoms with Gasteiger partial charge in [-0.05, 0) is 54.3 Å². The van der Waals surface area contributed by atoms with Gasteiger partial charge in [0.25, 0.3) is 0 Å². The first-order valence-corrected chi connectivity index (χ1v) is 8.02. The van der Waals surface area contributed by atoms with Crippen molar-refractivity contribution in [2.75, 3.05) is 12.4 Å². The quantitative estimate of drug-likeness (QED) is 0.652. The number of methoxy groups -OCH3 is 1. The van der Waals surface area contributed by atoms with Crippen LogP contribution in [0.3, 0.4) is 0 Å². The Kier molecular flexibility index (Phi) is 5.65. The fourth-order valence-electron chi connectivity index (χ4n) is 2.56. The summed E-state index contributed by atoms with van der Waals surface area (Å²) in [5, 5.41) is 23.7. The Morgan fingerprint density at radius 1 is 1.45 bits per heavy atom. The van der Waals surface area contributed by atoms with E-state index in [1.807, 2.05) is 0 Å². The van der Waals surface area contributed by atoms with E-state index in [-0.39, 0.29) is 12.1 Å². The first kappa shape index (κ1) is 16.6. The minimum Gasteiger partial charge on any atom is -0.480 e. The number of carboxylic acid groups (broad SMARTS) is 1. The normalized spacial score (nSPS) is 20.8. The van der Waals surface area contributed by atoms with E-state index in [0.717, 1.165) is 29.3 Å². The molecule has 1 aromatic rings. The molecule has 0 spiro atoms. The first-order chi connectivity index (χ1) is 10.5. The van der Waals surface area contributed by atoms with Crippen molar-refractivity contribution >= 4 is 34.5 Å². The molecule has 0 bridgehead atoms. The number of aromatic nitrogens is 1. The van der Waals surface area contributed by atoms with Gasteiger partial charge in [0, 0.05) is 12.1 Å². The standard InChI is InChI=1S/C14H17IN4O3/c1-22-13-8(7-16)6-11(15)12(19-13)17-9-2-4-10(5-3-9)18-14(20)21/h6,9-10,18H,2-5H2,1H3,(H,17,19)(H,20,21). The van der Waals surface area contributed by atoms with Crippen LogP contribution in [0.25, 0.3) is 0 Å². The SMILES string of the molecule is COc1nc(NC2CCC(NC(=O)O)CC2)c(I)cc1C#N. The van der Waals surface area contributed by atoms with E-state index in [1.54, 1.807) is 6.07 Å². The maximum absolute atomic E-state index is 10.6. The van der Waals surface area contributed by atoms with Gasteiger partial charge in [0.1, 0.15) is 17.5 Å². The number of hydrogen-bond donors (Lipinski definition) is 3. The highest BCUT2D eigenvalue weighted by atomic mass is 127. The molecule has 7 nitrogen and oxygen atoms in total. The van der Waals surface area contributed by atoms with E-state index in [0.29, 0.717) is 17.3 Å². The van der Waals surface area contributed by atoms with Gasteiger partial charge >= 0.3 is 6.09 Å². The topological polar surface area (TPSA) is 107 Å². The Hall–Kier alpha value is -1.76. The average Bonchev–Trinajstić information content (AvgIpc) is 2.50. The van der Waals surface area contributed by atoms with E-state index in [4.69, 9.17) is 15.1 Å². The van der Waals surface area contributed by atoms with Crippen molar-refractivity contribution in [2.45, 2.75) is 37.8 Å². The first-order valence-electron chi connectivity index (χ1n) is 6.94. The van der Waals surface area contributed by atoms with E-state index in [2.05, 4.69) is 44.3 Å². The smallest absolute Gasteiger partial charge is 0.404 e. The van der Waals surface area contributed by atoms with Crippen molar-refractivity contribution < 1.29 is 14.6 Å². The van der Waals surface area contributed by atoms with Crippen molar-refractivity contribution in [1.82, 2.24) is 10.3 Å². The molecule has 1 amide bonds. The zero-order valence-electron chi connectivity index (χ0n) is 12.1. The van der Waals surface area contributed by atoms with Crippen LogP contribution in [-0.4, -0.2) is 35.4 Å². The van der Waals surface area contributed by atoms with Crippen LogP contribution in [0.4, 0.5) is 10.6 Å². The molecule has 22 heavy (non-hydrogen) atoms. The fourth-order valence-corrected chi connectivity index (χ4v) is 3.15. The van der Waals surface area contributed by atoms with E-state index < -0.39 is 6.09 Å². The average molecular weight is 416 g/mol. The summed E-state index contributed by atoms with van der Waals surface area (Å²) in [7, 11) is 1.49. The molecule has 1 aliphatic carbocycles. The third-order valence-corrected chi connectivity index (χ3v) is 4.47. The number of ether oxygens (including phenoxy) is 1. The molecule has 8 heteroatoms. The second-order valence-electron chi connectivity index (χ2n) is 5.13. The molecule has 118 valence electrons. The minimum atomic E-state index is -0.968. The lowest BCUT2D eigenvalue weighted by Gasteiger charge is -2.29. The van der Waals surface area contributed by atoms with Crippen LogP contribution < -0.4 is 15.4 Å². The third kappa shape index (κ3) is 4.13. The maximum Gasteiger partial charge on any atom is 0.404 e. The number of nitrogens with zero attached hydrogens (tertiary/aromatic N) is 2. The van der Waals surface area contributed by atoms with Crippen LogP contribution in [0.2, 0.25) is 0 Å². The molecule has 0 atom stereocenters. The minimum absolute atomic E-state index is 0.0260. The van der Waals surface area contributed by atoms with Crippen molar-refractivity contribution in [2.24, 2.45) is 0 Å². The van der Waals surface area contributed by atoms with E-state index in [9.17, 15) is 4.79 Å². The Morgan fingerprint density at radius 3 is 2.64 bits per heavy atom.